The van der Waals surface area contributed by atoms with Crippen molar-refractivity contribution in [3.63, 3.8) is 0 Å². The molecule has 0 radical (unpaired) electrons. The van der Waals surface area contributed by atoms with Gasteiger partial charge in [-0.3, -0.25) is 4.79 Å². The molecule has 0 aromatic heterocycles. The lowest BCUT2D eigenvalue weighted by molar-refractivity contribution is 0.0456. The summed E-state index contributed by atoms with van der Waals surface area (Å²) in [6, 6.07) is 12.3. The fraction of sp³-hybridized carbons (Fsp3) is 0.286. The Hall–Kier alpha value is -2.87. The molecule has 0 fully saturated rings. The van der Waals surface area contributed by atoms with Crippen LogP contribution in [0.25, 0.3) is 6.08 Å². The molecule has 0 amide bonds. The summed E-state index contributed by atoms with van der Waals surface area (Å²) in [5.74, 6) is 1.38. The van der Waals surface area contributed by atoms with E-state index in [-0.39, 0.29) is 26.2 Å². The SMILES string of the molecule is COCOc1ccc(/C=C/C(=O)c2ccc(OCOC)cc2OCOC)cc1. The van der Waals surface area contributed by atoms with Gasteiger partial charge < -0.3 is 28.4 Å². The van der Waals surface area contributed by atoms with Crippen LogP contribution in [0, 0.1) is 0 Å². The number of hydrogen-bond donors (Lipinski definition) is 0. The highest BCUT2D eigenvalue weighted by Crippen LogP contribution is 2.26. The van der Waals surface area contributed by atoms with E-state index in [2.05, 4.69) is 0 Å². The highest BCUT2D eigenvalue weighted by atomic mass is 16.7. The third-order valence-electron chi connectivity index (χ3n) is 3.54. The van der Waals surface area contributed by atoms with Crippen LogP contribution in [0.1, 0.15) is 15.9 Å². The van der Waals surface area contributed by atoms with Crippen LogP contribution in [0.3, 0.4) is 0 Å². The smallest absolute Gasteiger partial charge is 0.189 e. The van der Waals surface area contributed by atoms with Crippen LogP contribution in [-0.4, -0.2) is 47.5 Å². The van der Waals surface area contributed by atoms with Crippen LogP contribution in [0.2, 0.25) is 0 Å². The molecule has 0 heterocycles. The predicted octanol–water partition coefficient (Wildman–Crippen LogP) is 3.53. The summed E-state index contributed by atoms with van der Waals surface area (Å²) >= 11 is 0. The number of rotatable bonds is 12. The molecule has 2 rings (SSSR count). The second-order valence-electron chi connectivity index (χ2n) is 5.58. The Bertz CT molecular complexity index is 769. The van der Waals surface area contributed by atoms with Crippen LogP contribution in [0.15, 0.2) is 48.5 Å². The maximum absolute atomic E-state index is 12.6. The highest BCUT2D eigenvalue weighted by molar-refractivity contribution is 6.08. The molecule has 7 nitrogen and oxygen atoms in total. The number of hydrogen-bond acceptors (Lipinski definition) is 7. The standard InChI is InChI=1S/C21H24O7/c1-23-13-26-17-7-4-16(5-8-17)6-11-20(22)19-10-9-18(27-14-24-2)12-21(19)28-15-25-3/h4-12H,13-15H2,1-3H3/b11-6+. The Labute approximate surface area is 164 Å². The number of ketones is 1. The van der Waals surface area contributed by atoms with Crippen LogP contribution in [-0.2, 0) is 14.2 Å². The van der Waals surface area contributed by atoms with Gasteiger partial charge in [-0.05, 0) is 35.9 Å². The summed E-state index contributed by atoms with van der Waals surface area (Å²) in [6.07, 6.45) is 3.20. The van der Waals surface area contributed by atoms with Crippen molar-refractivity contribution in [2.24, 2.45) is 0 Å². The molecular formula is C21H24O7. The first kappa shape index (κ1) is 21.4. The Kier molecular flexibility index (Phi) is 9.00. The molecule has 0 atom stereocenters. The van der Waals surface area contributed by atoms with Crippen molar-refractivity contribution >= 4 is 11.9 Å². The molecule has 0 bridgehead atoms. The number of methoxy groups -OCH3 is 3. The van der Waals surface area contributed by atoms with E-state index in [9.17, 15) is 4.79 Å². The lowest BCUT2D eigenvalue weighted by Gasteiger charge is -2.11. The number of carbonyl (C=O) groups is 1. The maximum atomic E-state index is 12.6. The molecule has 0 N–H and O–H groups in total. The first-order chi connectivity index (χ1) is 13.7. The zero-order valence-corrected chi connectivity index (χ0v) is 16.2. The van der Waals surface area contributed by atoms with Crippen molar-refractivity contribution in [3.8, 4) is 17.2 Å². The summed E-state index contributed by atoms with van der Waals surface area (Å²) in [7, 11) is 4.59. The van der Waals surface area contributed by atoms with Crippen LogP contribution in [0.4, 0.5) is 0 Å². The van der Waals surface area contributed by atoms with E-state index in [0.29, 0.717) is 22.8 Å². The number of benzene rings is 2. The second-order valence-corrected chi connectivity index (χ2v) is 5.58. The summed E-state index contributed by atoms with van der Waals surface area (Å²) < 4.78 is 30.9. The van der Waals surface area contributed by atoms with Gasteiger partial charge in [0.05, 0.1) is 5.56 Å². The average molecular weight is 388 g/mol. The minimum atomic E-state index is -0.205. The van der Waals surface area contributed by atoms with Crippen molar-refractivity contribution in [1.29, 1.82) is 0 Å². The van der Waals surface area contributed by atoms with E-state index in [1.807, 2.05) is 12.1 Å². The first-order valence-electron chi connectivity index (χ1n) is 8.49. The highest BCUT2D eigenvalue weighted by Gasteiger charge is 2.12. The molecule has 0 aliphatic rings. The van der Waals surface area contributed by atoms with Gasteiger partial charge in [0.1, 0.15) is 17.2 Å². The van der Waals surface area contributed by atoms with Crippen molar-refractivity contribution in [2.75, 3.05) is 41.7 Å². The number of ether oxygens (including phenoxy) is 6. The van der Waals surface area contributed by atoms with Gasteiger partial charge in [0.15, 0.2) is 26.2 Å². The Morgan fingerprint density at radius 1 is 0.786 bits per heavy atom. The van der Waals surface area contributed by atoms with Crippen LogP contribution in [0.5, 0.6) is 17.2 Å². The lowest BCUT2D eigenvalue weighted by Crippen LogP contribution is -2.06. The molecule has 7 heteroatoms. The molecule has 28 heavy (non-hydrogen) atoms. The monoisotopic (exact) mass is 388 g/mol. The zero-order valence-electron chi connectivity index (χ0n) is 16.2. The van der Waals surface area contributed by atoms with Gasteiger partial charge in [-0.1, -0.05) is 18.2 Å². The summed E-state index contributed by atoms with van der Waals surface area (Å²) in [5, 5.41) is 0. The fourth-order valence-corrected chi connectivity index (χ4v) is 2.23. The molecule has 0 aliphatic carbocycles. The average Bonchev–Trinajstić information content (AvgIpc) is 2.73. The Balaban J connectivity index is 2.11. The quantitative estimate of drug-likeness (QED) is 0.313. The molecule has 0 spiro atoms. The molecule has 0 saturated heterocycles. The molecule has 0 unspecified atom stereocenters. The van der Waals surface area contributed by atoms with Crippen molar-refractivity contribution in [2.45, 2.75) is 0 Å². The van der Waals surface area contributed by atoms with Gasteiger partial charge in [-0.15, -0.1) is 0 Å². The van der Waals surface area contributed by atoms with E-state index in [1.165, 1.54) is 20.3 Å². The van der Waals surface area contributed by atoms with Gasteiger partial charge in [0.2, 0.25) is 0 Å². The van der Waals surface area contributed by atoms with Gasteiger partial charge in [0.25, 0.3) is 0 Å². The zero-order chi connectivity index (χ0) is 20.2. The van der Waals surface area contributed by atoms with E-state index in [4.69, 9.17) is 28.4 Å². The summed E-state index contributed by atoms with van der Waals surface area (Å²) in [5.41, 5.74) is 1.26. The molecule has 2 aromatic rings. The predicted molar refractivity (Wildman–Crippen MR) is 104 cm³/mol. The lowest BCUT2D eigenvalue weighted by atomic mass is 10.1. The minimum absolute atomic E-state index is 0.0145. The maximum Gasteiger partial charge on any atom is 0.189 e. The summed E-state index contributed by atoms with van der Waals surface area (Å²) in [6.45, 7) is 0.295. The van der Waals surface area contributed by atoms with E-state index >= 15 is 0 Å². The summed E-state index contributed by atoms with van der Waals surface area (Å²) in [4.78, 5) is 12.6. The number of carbonyl (C=O) groups excluding carboxylic acids is 1. The normalized spacial score (nSPS) is 10.8. The van der Waals surface area contributed by atoms with Crippen molar-refractivity contribution in [1.82, 2.24) is 0 Å². The topological polar surface area (TPSA) is 72.5 Å². The van der Waals surface area contributed by atoms with Gasteiger partial charge in [0, 0.05) is 27.4 Å². The van der Waals surface area contributed by atoms with E-state index in [0.717, 1.165) is 5.56 Å². The van der Waals surface area contributed by atoms with Crippen LogP contribution < -0.4 is 14.2 Å². The van der Waals surface area contributed by atoms with Crippen molar-refractivity contribution in [3.05, 3.63) is 59.7 Å². The van der Waals surface area contributed by atoms with Crippen molar-refractivity contribution < 1.29 is 33.2 Å². The van der Waals surface area contributed by atoms with Gasteiger partial charge in [-0.25, -0.2) is 0 Å². The minimum Gasteiger partial charge on any atom is -0.468 e. The Morgan fingerprint density at radius 3 is 2.00 bits per heavy atom. The van der Waals surface area contributed by atoms with E-state index in [1.54, 1.807) is 43.5 Å². The van der Waals surface area contributed by atoms with Gasteiger partial charge in [-0.2, -0.15) is 0 Å². The molecule has 0 aliphatic heterocycles. The first-order valence-corrected chi connectivity index (χ1v) is 8.49. The molecule has 0 saturated carbocycles. The molecule has 150 valence electrons. The molecule has 2 aromatic carbocycles. The third kappa shape index (κ3) is 6.70. The molecular weight excluding hydrogens is 364 g/mol. The van der Waals surface area contributed by atoms with Gasteiger partial charge >= 0.3 is 0 Å². The second kappa shape index (κ2) is 11.8. The largest absolute Gasteiger partial charge is 0.468 e. The fourth-order valence-electron chi connectivity index (χ4n) is 2.23. The Morgan fingerprint density at radius 2 is 1.36 bits per heavy atom. The number of allylic oxidation sites excluding steroid dienone is 1. The van der Waals surface area contributed by atoms with E-state index < -0.39 is 0 Å². The van der Waals surface area contributed by atoms with Crippen LogP contribution >= 0.6 is 0 Å². The third-order valence-corrected chi connectivity index (χ3v) is 3.54.